The highest BCUT2D eigenvalue weighted by atomic mass is 32.1. The first kappa shape index (κ1) is 18.7. The fourth-order valence-electron chi connectivity index (χ4n) is 2.44. The van der Waals surface area contributed by atoms with Crippen molar-refractivity contribution in [3.8, 4) is 11.3 Å². The Morgan fingerprint density at radius 3 is 2.35 bits per heavy atom. The Hall–Kier alpha value is -2.05. The van der Waals surface area contributed by atoms with Gasteiger partial charge in [-0.05, 0) is 26.0 Å². The molecule has 0 saturated carbocycles. The molecule has 0 unspecified atom stereocenters. The molecule has 0 radical (unpaired) electrons. The fourth-order valence-corrected chi connectivity index (χ4v) is 4.26. The highest BCUT2D eigenvalue weighted by Gasteiger charge is 2.21. The van der Waals surface area contributed by atoms with Gasteiger partial charge in [-0.3, -0.25) is 4.79 Å². The molecule has 0 atom stereocenters. The number of hydrogen-bond acceptors (Lipinski definition) is 5. The van der Waals surface area contributed by atoms with Crippen molar-refractivity contribution >= 4 is 34.3 Å². The smallest absolute Gasteiger partial charge is 0.229 e. The van der Waals surface area contributed by atoms with Crippen molar-refractivity contribution in [1.82, 2.24) is 9.97 Å². The van der Waals surface area contributed by atoms with Crippen molar-refractivity contribution in [3.05, 3.63) is 50.2 Å². The van der Waals surface area contributed by atoms with Gasteiger partial charge < -0.3 is 5.32 Å². The molecule has 3 rings (SSSR count). The Kier molecular flexibility index (Phi) is 5.25. The van der Waals surface area contributed by atoms with Crippen molar-refractivity contribution < 1.29 is 4.79 Å². The number of aryl methyl sites for hydroxylation is 2. The van der Waals surface area contributed by atoms with E-state index in [9.17, 15) is 4.79 Å². The van der Waals surface area contributed by atoms with Crippen LogP contribution in [0.4, 0.5) is 5.69 Å². The van der Waals surface area contributed by atoms with Crippen molar-refractivity contribution in [2.24, 2.45) is 5.41 Å². The van der Waals surface area contributed by atoms with Gasteiger partial charge in [0.25, 0.3) is 0 Å². The second kappa shape index (κ2) is 7.29. The number of aromatic nitrogens is 2. The summed E-state index contributed by atoms with van der Waals surface area (Å²) in [6.45, 7) is 9.82. The Morgan fingerprint density at radius 2 is 1.77 bits per heavy atom. The summed E-state index contributed by atoms with van der Waals surface area (Å²) in [5, 5.41) is 7.20. The van der Waals surface area contributed by atoms with Crippen LogP contribution in [0.1, 0.15) is 41.4 Å². The van der Waals surface area contributed by atoms with E-state index in [-0.39, 0.29) is 5.91 Å². The highest BCUT2D eigenvalue weighted by molar-refractivity contribution is 7.12. The molecule has 1 N–H and O–H groups in total. The maximum Gasteiger partial charge on any atom is 0.229 e. The molecule has 1 aromatic carbocycles. The lowest BCUT2D eigenvalue weighted by molar-refractivity contribution is -0.123. The summed E-state index contributed by atoms with van der Waals surface area (Å²) in [5.74, 6) is 0.0103. The number of carbonyl (C=O) groups is 1. The minimum absolute atomic E-state index is 0.0103. The molecule has 1 amide bonds. The van der Waals surface area contributed by atoms with E-state index in [2.05, 4.69) is 22.6 Å². The zero-order valence-corrected chi connectivity index (χ0v) is 17.3. The molecule has 3 aromatic rings. The van der Waals surface area contributed by atoms with Gasteiger partial charge in [-0.2, -0.15) is 0 Å². The van der Waals surface area contributed by atoms with Gasteiger partial charge in [-0.15, -0.1) is 22.7 Å². The first-order valence-electron chi connectivity index (χ1n) is 8.51. The minimum atomic E-state index is -0.409. The van der Waals surface area contributed by atoms with Gasteiger partial charge in [0.15, 0.2) is 0 Å². The molecule has 26 heavy (non-hydrogen) atoms. The van der Waals surface area contributed by atoms with Crippen LogP contribution in [0, 0.1) is 19.3 Å². The molecule has 0 aliphatic carbocycles. The maximum atomic E-state index is 12.1. The molecular weight excluding hydrogens is 362 g/mol. The molecule has 0 saturated heterocycles. The molecule has 0 aliphatic rings. The molecule has 6 heteroatoms. The molecule has 0 spiro atoms. The number of amides is 1. The van der Waals surface area contributed by atoms with Crippen molar-refractivity contribution in [1.29, 1.82) is 0 Å². The lowest BCUT2D eigenvalue weighted by Gasteiger charge is -2.17. The maximum absolute atomic E-state index is 12.1. The predicted octanol–water partition coefficient (Wildman–Crippen LogP) is 5.46. The number of nitrogens with zero attached hydrogens (tertiary/aromatic N) is 2. The third-order valence-corrected chi connectivity index (χ3v) is 5.84. The van der Waals surface area contributed by atoms with Crippen LogP contribution >= 0.6 is 22.7 Å². The van der Waals surface area contributed by atoms with Crippen LogP contribution in [0.2, 0.25) is 0 Å². The van der Waals surface area contributed by atoms with Gasteiger partial charge in [0.2, 0.25) is 5.91 Å². The van der Waals surface area contributed by atoms with Crippen molar-refractivity contribution in [3.63, 3.8) is 0 Å². The van der Waals surface area contributed by atoms with E-state index in [0.29, 0.717) is 0 Å². The van der Waals surface area contributed by atoms with Crippen LogP contribution in [0.3, 0.4) is 0 Å². The Labute approximate surface area is 162 Å². The second-order valence-electron chi connectivity index (χ2n) is 7.35. The molecule has 0 fully saturated rings. The Bertz CT molecular complexity index is 917. The fraction of sp³-hybridized carbons (Fsp3) is 0.350. The predicted molar refractivity (Wildman–Crippen MR) is 110 cm³/mol. The first-order chi connectivity index (χ1) is 12.2. The number of benzene rings is 1. The van der Waals surface area contributed by atoms with E-state index >= 15 is 0 Å². The molecule has 2 aromatic heterocycles. The third-order valence-electron chi connectivity index (χ3n) is 3.91. The summed E-state index contributed by atoms with van der Waals surface area (Å²) in [4.78, 5) is 22.6. The lowest BCUT2D eigenvalue weighted by Crippen LogP contribution is -2.27. The topological polar surface area (TPSA) is 54.9 Å². The van der Waals surface area contributed by atoms with Crippen molar-refractivity contribution in [2.45, 2.75) is 41.0 Å². The third kappa shape index (κ3) is 4.37. The van der Waals surface area contributed by atoms with Crippen molar-refractivity contribution in [2.75, 3.05) is 5.32 Å². The summed E-state index contributed by atoms with van der Waals surface area (Å²) in [6.07, 6.45) is 0.781. The molecular formula is C20H23N3OS2. The minimum Gasteiger partial charge on any atom is -0.326 e. The van der Waals surface area contributed by atoms with Gasteiger partial charge in [0.1, 0.15) is 5.01 Å². The number of nitrogens with one attached hydrogen (secondary N) is 1. The zero-order valence-electron chi connectivity index (χ0n) is 15.7. The normalized spacial score (nSPS) is 11.6. The van der Waals surface area contributed by atoms with Crippen LogP contribution in [0.15, 0.2) is 29.6 Å². The molecule has 4 nitrogen and oxygen atoms in total. The van der Waals surface area contributed by atoms with Crippen LogP contribution in [0.5, 0.6) is 0 Å². The summed E-state index contributed by atoms with van der Waals surface area (Å²) >= 11 is 3.40. The highest BCUT2D eigenvalue weighted by Crippen LogP contribution is 2.30. The summed E-state index contributed by atoms with van der Waals surface area (Å²) in [6, 6.07) is 7.89. The standard InChI is InChI=1S/C20H23N3OS2/c1-12-11-25-16(21-12)10-17-23-18(13(2)26-17)14-6-8-15(9-7-14)22-19(24)20(3,4)5/h6-9,11H,10H2,1-5H3,(H,22,24). The number of hydrogen-bond donors (Lipinski definition) is 1. The van der Waals surface area contributed by atoms with Gasteiger partial charge >= 0.3 is 0 Å². The van der Waals surface area contributed by atoms with E-state index < -0.39 is 5.41 Å². The van der Waals surface area contributed by atoms with Crippen LogP contribution < -0.4 is 5.32 Å². The summed E-state index contributed by atoms with van der Waals surface area (Å²) < 4.78 is 0. The zero-order chi connectivity index (χ0) is 18.9. The van der Waals surface area contributed by atoms with Gasteiger partial charge in [-0.25, -0.2) is 9.97 Å². The Balaban J connectivity index is 1.76. The quantitative estimate of drug-likeness (QED) is 0.649. The first-order valence-corrected chi connectivity index (χ1v) is 10.2. The number of thiazole rings is 2. The van der Waals surface area contributed by atoms with E-state index in [4.69, 9.17) is 4.98 Å². The number of anilines is 1. The lowest BCUT2D eigenvalue weighted by atomic mass is 9.95. The average Bonchev–Trinajstić information content (AvgIpc) is 3.13. The van der Waals surface area contributed by atoms with E-state index in [1.54, 1.807) is 22.7 Å². The molecule has 0 bridgehead atoms. The van der Waals surface area contributed by atoms with Gasteiger partial charge in [0, 0.05) is 32.6 Å². The SMILES string of the molecule is Cc1csc(Cc2nc(-c3ccc(NC(=O)C(C)(C)C)cc3)c(C)s2)n1. The number of rotatable bonds is 4. The molecule has 136 valence electrons. The largest absolute Gasteiger partial charge is 0.326 e. The monoisotopic (exact) mass is 385 g/mol. The van der Waals surface area contributed by atoms with E-state index in [0.717, 1.165) is 39.1 Å². The van der Waals surface area contributed by atoms with Crippen LogP contribution in [0.25, 0.3) is 11.3 Å². The van der Waals surface area contributed by atoms with Gasteiger partial charge in [-0.1, -0.05) is 32.9 Å². The summed E-state index contributed by atoms with van der Waals surface area (Å²) in [5.41, 5.74) is 3.53. The second-order valence-corrected chi connectivity index (χ2v) is 9.58. The van der Waals surface area contributed by atoms with E-state index in [1.807, 2.05) is 52.0 Å². The van der Waals surface area contributed by atoms with Gasteiger partial charge in [0.05, 0.1) is 17.1 Å². The van der Waals surface area contributed by atoms with E-state index in [1.165, 1.54) is 4.88 Å². The summed E-state index contributed by atoms with van der Waals surface area (Å²) in [7, 11) is 0. The van der Waals surface area contributed by atoms with Crippen LogP contribution in [-0.2, 0) is 11.2 Å². The molecule has 0 aliphatic heterocycles. The van der Waals surface area contributed by atoms with Crippen LogP contribution in [-0.4, -0.2) is 15.9 Å². The Morgan fingerprint density at radius 1 is 1.08 bits per heavy atom. The average molecular weight is 386 g/mol. The molecule has 2 heterocycles. The number of carbonyl (C=O) groups excluding carboxylic acids is 1.